The van der Waals surface area contributed by atoms with Crippen LogP contribution < -0.4 is 5.32 Å². The van der Waals surface area contributed by atoms with Crippen molar-refractivity contribution in [2.24, 2.45) is 5.92 Å². The molecule has 0 radical (unpaired) electrons. The predicted molar refractivity (Wildman–Crippen MR) is 92.6 cm³/mol. The third-order valence-corrected chi connectivity index (χ3v) is 4.90. The van der Waals surface area contributed by atoms with Gasteiger partial charge in [-0.2, -0.15) is 10.4 Å². The standard InChI is InChI=1S/C18H21ClN4O/c1-12(16-5-4-13(8-20)7-17(16)19)21-9-14-3-2-6-24-18(14)15-10-22-23-11-15/h4-5,7,10-12,14,18,21H,2-3,6,9H2,1H3,(H,22,23)/t12?,14-,18+/m0/s1. The summed E-state index contributed by atoms with van der Waals surface area (Å²) in [7, 11) is 0. The van der Waals surface area contributed by atoms with Gasteiger partial charge in [0.05, 0.1) is 23.9 Å². The van der Waals surface area contributed by atoms with Crippen LogP contribution in [0.25, 0.3) is 0 Å². The van der Waals surface area contributed by atoms with Gasteiger partial charge in [0.1, 0.15) is 0 Å². The zero-order valence-electron chi connectivity index (χ0n) is 13.6. The molecule has 1 saturated heterocycles. The van der Waals surface area contributed by atoms with Crippen molar-refractivity contribution < 1.29 is 4.74 Å². The van der Waals surface area contributed by atoms with Crippen molar-refractivity contribution >= 4 is 11.6 Å². The second-order valence-corrected chi connectivity index (χ2v) is 6.61. The number of halogens is 1. The summed E-state index contributed by atoms with van der Waals surface area (Å²) in [5, 5.41) is 20.0. The Hall–Kier alpha value is -1.87. The average Bonchev–Trinajstić information content (AvgIpc) is 3.14. The summed E-state index contributed by atoms with van der Waals surface area (Å²) in [5.41, 5.74) is 2.69. The summed E-state index contributed by atoms with van der Waals surface area (Å²) < 4.78 is 5.96. The van der Waals surface area contributed by atoms with Gasteiger partial charge < -0.3 is 10.1 Å². The van der Waals surface area contributed by atoms with Crippen molar-refractivity contribution in [2.45, 2.75) is 31.9 Å². The molecule has 1 aliphatic rings. The Balaban J connectivity index is 1.64. The van der Waals surface area contributed by atoms with Crippen LogP contribution >= 0.6 is 11.6 Å². The van der Waals surface area contributed by atoms with Gasteiger partial charge in [0.2, 0.25) is 0 Å². The average molecular weight is 345 g/mol. The van der Waals surface area contributed by atoms with Crippen LogP contribution in [0.3, 0.4) is 0 Å². The molecule has 5 nitrogen and oxygen atoms in total. The third kappa shape index (κ3) is 3.78. The van der Waals surface area contributed by atoms with Crippen molar-refractivity contribution in [3.63, 3.8) is 0 Å². The lowest BCUT2D eigenvalue weighted by atomic mass is 9.90. The minimum Gasteiger partial charge on any atom is -0.373 e. The summed E-state index contributed by atoms with van der Waals surface area (Å²) in [4.78, 5) is 0. The van der Waals surface area contributed by atoms with Gasteiger partial charge in [-0.1, -0.05) is 17.7 Å². The highest BCUT2D eigenvalue weighted by Crippen LogP contribution is 2.33. The molecule has 1 aliphatic heterocycles. The molecule has 6 heteroatoms. The monoisotopic (exact) mass is 344 g/mol. The van der Waals surface area contributed by atoms with E-state index in [2.05, 4.69) is 28.5 Å². The lowest BCUT2D eigenvalue weighted by Crippen LogP contribution is -2.33. The molecule has 24 heavy (non-hydrogen) atoms. The first-order valence-electron chi connectivity index (χ1n) is 8.22. The van der Waals surface area contributed by atoms with Gasteiger partial charge >= 0.3 is 0 Å². The lowest BCUT2D eigenvalue weighted by molar-refractivity contribution is -0.0283. The molecule has 0 amide bonds. The van der Waals surface area contributed by atoms with Gasteiger partial charge in [-0.3, -0.25) is 5.10 Å². The van der Waals surface area contributed by atoms with Gasteiger partial charge in [0.25, 0.3) is 0 Å². The Bertz CT molecular complexity index is 710. The van der Waals surface area contributed by atoms with Crippen molar-refractivity contribution in [3.05, 3.63) is 52.3 Å². The molecule has 0 saturated carbocycles. The van der Waals surface area contributed by atoms with E-state index in [9.17, 15) is 0 Å². The van der Waals surface area contributed by atoms with Crippen LogP contribution in [0.5, 0.6) is 0 Å². The second kappa shape index (κ2) is 7.80. The number of nitrogens with one attached hydrogen (secondary N) is 2. The van der Waals surface area contributed by atoms with E-state index in [0.29, 0.717) is 16.5 Å². The van der Waals surface area contributed by atoms with E-state index in [1.54, 1.807) is 12.1 Å². The number of benzene rings is 1. The Morgan fingerprint density at radius 3 is 3.12 bits per heavy atom. The fourth-order valence-corrected chi connectivity index (χ4v) is 3.57. The molecule has 3 rings (SSSR count). The van der Waals surface area contributed by atoms with Crippen molar-refractivity contribution in [3.8, 4) is 6.07 Å². The highest BCUT2D eigenvalue weighted by molar-refractivity contribution is 6.31. The first-order chi connectivity index (χ1) is 11.7. The Morgan fingerprint density at radius 1 is 1.54 bits per heavy atom. The maximum Gasteiger partial charge on any atom is 0.0992 e. The molecule has 0 bridgehead atoms. The van der Waals surface area contributed by atoms with E-state index < -0.39 is 0 Å². The zero-order valence-corrected chi connectivity index (χ0v) is 14.4. The summed E-state index contributed by atoms with van der Waals surface area (Å²) >= 11 is 6.31. The van der Waals surface area contributed by atoms with Crippen LogP contribution in [0.2, 0.25) is 5.02 Å². The Kier molecular flexibility index (Phi) is 5.52. The minimum atomic E-state index is 0.0774. The molecule has 2 aromatic rings. The van der Waals surface area contributed by atoms with E-state index in [-0.39, 0.29) is 12.1 Å². The number of aromatic amines is 1. The van der Waals surface area contributed by atoms with Gasteiger partial charge in [-0.15, -0.1) is 0 Å². The number of ether oxygens (including phenoxy) is 1. The smallest absolute Gasteiger partial charge is 0.0992 e. The maximum atomic E-state index is 8.94. The highest BCUT2D eigenvalue weighted by Gasteiger charge is 2.28. The number of hydrogen-bond acceptors (Lipinski definition) is 4. The van der Waals surface area contributed by atoms with E-state index in [0.717, 1.165) is 37.1 Å². The SMILES string of the molecule is CC(NC[C@@H]1CCCO[C@H]1c1cn[nH]c1)c1ccc(C#N)cc1Cl. The van der Waals surface area contributed by atoms with Crippen LogP contribution in [0.1, 0.15) is 48.6 Å². The van der Waals surface area contributed by atoms with Crippen molar-refractivity contribution in [1.29, 1.82) is 5.26 Å². The van der Waals surface area contributed by atoms with Crippen molar-refractivity contribution in [2.75, 3.05) is 13.2 Å². The molecule has 3 atom stereocenters. The molecule has 126 valence electrons. The van der Waals surface area contributed by atoms with E-state index in [1.165, 1.54) is 0 Å². The van der Waals surface area contributed by atoms with Crippen LogP contribution in [0, 0.1) is 17.2 Å². The molecule has 1 aromatic carbocycles. The number of nitriles is 1. The number of hydrogen-bond donors (Lipinski definition) is 2. The summed E-state index contributed by atoms with van der Waals surface area (Å²) in [5.74, 6) is 0.399. The van der Waals surface area contributed by atoms with Crippen LogP contribution in [0.4, 0.5) is 0 Å². The van der Waals surface area contributed by atoms with Gasteiger partial charge in [0.15, 0.2) is 0 Å². The van der Waals surface area contributed by atoms with Gasteiger partial charge in [-0.05, 0) is 37.5 Å². The normalized spacial score (nSPS) is 22.0. The topological polar surface area (TPSA) is 73.7 Å². The van der Waals surface area contributed by atoms with Gasteiger partial charge in [0, 0.05) is 41.9 Å². The first kappa shape index (κ1) is 17.0. The molecule has 2 N–H and O–H groups in total. The van der Waals surface area contributed by atoms with E-state index in [4.69, 9.17) is 21.6 Å². The van der Waals surface area contributed by atoms with E-state index in [1.807, 2.05) is 18.5 Å². The van der Waals surface area contributed by atoms with E-state index >= 15 is 0 Å². The zero-order chi connectivity index (χ0) is 16.9. The summed E-state index contributed by atoms with van der Waals surface area (Å²) in [6.45, 7) is 3.72. The molecule has 1 aromatic heterocycles. The third-order valence-electron chi connectivity index (χ3n) is 4.58. The van der Waals surface area contributed by atoms with Crippen LogP contribution in [0.15, 0.2) is 30.6 Å². The maximum absolute atomic E-state index is 8.94. The highest BCUT2D eigenvalue weighted by atomic mass is 35.5. The molecule has 0 aliphatic carbocycles. The predicted octanol–water partition coefficient (Wildman–Crippen LogP) is 3.75. The lowest BCUT2D eigenvalue weighted by Gasteiger charge is -2.32. The summed E-state index contributed by atoms with van der Waals surface area (Å²) in [6, 6.07) is 7.66. The fraction of sp³-hybridized carbons (Fsp3) is 0.444. The Labute approximate surface area is 147 Å². The van der Waals surface area contributed by atoms with Crippen LogP contribution in [-0.2, 0) is 4.74 Å². The quantitative estimate of drug-likeness (QED) is 0.866. The number of aromatic nitrogens is 2. The number of nitrogens with zero attached hydrogens (tertiary/aromatic N) is 2. The molecular formula is C18H21ClN4O. The molecule has 1 fully saturated rings. The molecule has 1 unspecified atom stereocenters. The largest absolute Gasteiger partial charge is 0.373 e. The van der Waals surface area contributed by atoms with Crippen molar-refractivity contribution in [1.82, 2.24) is 15.5 Å². The summed E-state index contributed by atoms with van der Waals surface area (Å²) in [6.07, 6.45) is 6.02. The molecule has 2 heterocycles. The molecule has 0 spiro atoms. The Morgan fingerprint density at radius 2 is 2.42 bits per heavy atom. The van der Waals surface area contributed by atoms with Gasteiger partial charge in [-0.25, -0.2) is 0 Å². The minimum absolute atomic E-state index is 0.0774. The number of rotatable bonds is 5. The first-order valence-corrected chi connectivity index (χ1v) is 8.60. The molecular weight excluding hydrogens is 324 g/mol. The fourth-order valence-electron chi connectivity index (χ4n) is 3.22. The number of H-pyrrole nitrogens is 1. The second-order valence-electron chi connectivity index (χ2n) is 6.20. The van der Waals surface area contributed by atoms with Crippen LogP contribution in [-0.4, -0.2) is 23.3 Å².